The summed E-state index contributed by atoms with van der Waals surface area (Å²) in [6.07, 6.45) is 8.58. The van der Waals surface area contributed by atoms with Crippen LogP contribution < -0.4 is 5.32 Å². The summed E-state index contributed by atoms with van der Waals surface area (Å²) in [7, 11) is 0. The van der Waals surface area contributed by atoms with Crippen molar-refractivity contribution in [1.82, 2.24) is 10.2 Å². The van der Waals surface area contributed by atoms with E-state index >= 15 is 0 Å². The zero-order valence-corrected chi connectivity index (χ0v) is 10.5. The summed E-state index contributed by atoms with van der Waals surface area (Å²) in [6, 6.07) is 0. The van der Waals surface area contributed by atoms with E-state index in [1.165, 1.54) is 4.90 Å². The molecule has 1 aliphatic rings. The van der Waals surface area contributed by atoms with E-state index in [9.17, 15) is 9.59 Å². The van der Waals surface area contributed by atoms with Crippen LogP contribution in [0.2, 0.25) is 0 Å². The highest BCUT2D eigenvalue weighted by molar-refractivity contribution is 5.81. The maximum Gasteiger partial charge on any atom is 0.323 e. The molecule has 0 spiro atoms. The number of carboxylic acid groups (broad SMARTS) is 1. The molecule has 0 aromatic heterocycles. The van der Waals surface area contributed by atoms with Gasteiger partial charge in [-0.25, -0.2) is 0 Å². The molecule has 1 unspecified atom stereocenters. The first kappa shape index (κ1) is 14.5. The number of nitrogens with zero attached hydrogens (tertiary/aromatic N) is 1. The van der Waals surface area contributed by atoms with Gasteiger partial charge in [0.2, 0.25) is 5.91 Å². The Morgan fingerprint density at radius 1 is 1.50 bits per heavy atom. The topological polar surface area (TPSA) is 69.6 Å². The Balaban J connectivity index is 2.35. The Labute approximate surface area is 108 Å². The van der Waals surface area contributed by atoms with Gasteiger partial charge in [-0.15, -0.1) is 6.42 Å². The minimum atomic E-state index is -1.03. The van der Waals surface area contributed by atoms with Gasteiger partial charge in [0.15, 0.2) is 0 Å². The molecule has 5 nitrogen and oxygen atoms in total. The quantitative estimate of drug-likeness (QED) is 0.668. The number of amides is 1. The molecule has 100 valence electrons. The highest BCUT2D eigenvalue weighted by Gasteiger charge is 2.19. The van der Waals surface area contributed by atoms with Crippen molar-refractivity contribution >= 4 is 11.9 Å². The molecule has 5 heteroatoms. The van der Waals surface area contributed by atoms with Gasteiger partial charge in [-0.1, -0.05) is 5.92 Å². The van der Waals surface area contributed by atoms with E-state index in [1.54, 1.807) is 0 Å². The molecule has 0 aromatic carbocycles. The Bertz CT molecular complexity index is 330. The zero-order valence-electron chi connectivity index (χ0n) is 10.5. The number of carbonyl (C=O) groups excluding carboxylic acids is 1. The van der Waals surface area contributed by atoms with Crippen LogP contribution in [0.5, 0.6) is 0 Å². The van der Waals surface area contributed by atoms with Crippen LogP contribution in [0, 0.1) is 18.3 Å². The van der Waals surface area contributed by atoms with Crippen molar-refractivity contribution in [3.05, 3.63) is 0 Å². The van der Waals surface area contributed by atoms with Gasteiger partial charge in [-0.05, 0) is 38.3 Å². The molecule has 0 saturated carbocycles. The minimum absolute atomic E-state index is 0.0635. The highest BCUT2D eigenvalue weighted by atomic mass is 16.4. The number of carbonyl (C=O) groups is 2. The van der Waals surface area contributed by atoms with Crippen LogP contribution in [0.15, 0.2) is 0 Å². The Morgan fingerprint density at radius 2 is 2.28 bits per heavy atom. The fraction of sp³-hybridized carbons (Fsp3) is 0.692. The van der Waals surface area contributed by atoms with Crippen LogP contribution in [0.1, 0.15) is 25.7 Å². The lowest BCUT2D eigenvalue weighted by atomic mass is 9.94. The van der Waals surface area contributed by atoms with Crippen LogP contribution in [0.4, 0.5) is 0 Å². The number of aliphatic carboxylic acids is 1. The van der Waals surface area contributed by atoms with Crippen molar-refractivity contribution in [3.63, 3.8) is 0 Å². The molecule has 1 fully saturated rings. The second kappa shape index (κ2) is 7.72. The van der Waals surface area contributed by atoms with Gasteiger partial charge < -0.3 is 15.3 Å². The Kier molecular flexibility index (Phi) is 6.23. The lowest BCUT2D eigenvalue weighted by molar-refractivity contribution is -0.144. The molecule has 1 aliphatic heterocycles. The highest BCUT2D eigenvalue weighted by Crippen LogP contribution is 2.16. The predicted molar refractivity (Wildman–Crippen MR) is 67.9 cm³/mol. The summed E-state index contributed by atoms with van der Waals surface area (Å²) in [4.78, 5) is 23.7. The van der Waals surface area contributed by atoms with Crippen LogP contribution in [0.25, 0.3) is 0 Å². The van der Waals surface area contributed by atoms with Crippen molar-refractivity contribution in [2.45, 2.75) is 25.7 Å². The van der Waals surface area contributed by atoms with Crippen molar-refractivity contribution in [3.8, 4) is 12.3 Å². The molecule has 0 bridgehead atoms. The average Bonchev–Trinajstić information content (AvgIpc) is 2.36. The van der Waals surface area contributed by atoms with Gasteiger partial charge >= 0.3 is 5.97 Å². The van der Waals surface area contributed by atoms with E-state index in [1.807, 2.05) is 0 Å². The van der Waals surface area contributed by atoms with Crippen LogP contribution >= 0.6 is 0 Å². The first-order chi connectivity index (χ1) is 8.63. The maximum absolute atomic E-state index is 11.9. The van der Waals surface area contributed by atoms with E-state index in [0.717, 1.165) is 32.4 Å². The third kappa shape index (κ3) is 5.19. The molecule has 1 atom stereocenters. The number of nitrogens with one attached hydrogen (secondary N) is 1. The molecule has 1 saturated heterocycles. The zero-order chi connectivity index (χ0) is 13.4. The number of terminal acetylenes is 1. The van der Waals surface area contributed by atoms with E-state index in [-0.39, 0.29) is 19.0 Å². The molecule has 18 heavy (non-hydrogen) atoms. The van der Waals surface area contributed by atoms with Crippen LogP contribution in [-0.2, 0) is 9.59 Å². The van der Waals surface area contributed by atoms with Gasteiger partial charge in [0, 0.05) is 6.42 Å². The molecular weight excluding hydrogens is 232 g/mol. The number of rotatable bonds is 6. The van der Waals surface area contributed by atoms with Gasteiger partial charge in [-0.2, -0.15) is 0 Å². The van der Waals surface area contributed by atoms with Gasteiger partial charge in [0.05, 0.1) is 6.54 Å². The molecule has 0 radical (unpaired) electrons. The van der Waals surface area contributed by atoms with E-state index < -0.39 is 5.97 Å². The summed E-state index contributed by atoms with van der Waals surface area (Å²) in [5.74, 6) is 1.64. The number of hydrogen-bond donors (Lipinski definition) is 2. The monoisotopic (exact) mass is 252 g/mol. The largest absolute Gasteiger partial charge is 0.480 e. The smallest absolute Gasteiger partial charge is 0.323 e. The van der Waals surface area contributed by atoms with Crippen molar-refractivity contribution in [1.29, 1.82) is 0 Å². The Morgan fingerprint density at radius 3 is 2.83 bits per heavy atom. The summed E-state index contributed by atoms with van der Waals surface area (Å²) in [6.45, 7) is 1.74. The summed E-state index contributed by atoms with van der Waals surface area (Å²) in [5.41, 5.74) is 0. The lowest BCUT2D eigenvalue weighted by Crippen LogP contribution is -2.37. The molecule has 0 aliphatic carbocycles. The minimum Gasteiger partial charge on any atom is -0.480 e. The summed E-state index contributed by atoms with van der Waals surface area (Å²) < 4.78 is 0. The van der Waals surface area contributed by atoms with E-state index in [2.05, 4.69) is 11.2 Å². The fourth-order valence-corrected chi connectivity index (χ4v) is 2.16. The van der Waals surface area contributed by atoms with Crippen LogP contribution in [0.3, 0.4) is 0 Å². The SMILES string of the molecule is C#CCN(CC(=O)O)C(=O)CCC1CCCNC1. The fourth-order valence-electron chi connectivity index (χ4n) is 2.16. The maximum atomic E-state index is 11.9. The lowest BCUT2D eigenvalue weighted by Gasteiger charge is -2.24. The van der Waals surface area contributed by atoms with Crippen molar-refractivity contribution in [2.24, 2.45) is 5.92 Å². The first-order valence-corrected chi connectivity index (χ1v) is 6.27. The van der Waals surface area contributed by atoms with Crippen molar-refractivity contribution < 1.29 is 14.7 Å². The third-order valence-electron chi connectivity index (χ3n) is 3.13. The molecule has 1 heterocycles. The first-order valence-electron chi connectivity index (χ1n) is 6.27. The number of carboxylic acids is 1. The van der Waals surface area contributed by atoms with Gasteiger partial charge in [0.1, 0.15) is 6.54 Å². The van der Waals surface area contributed by atoms with Gasteiger partial charge in [-0.3, -0.25) is 9.59 Å². The predicted octanol–water partition coefficient (Wildman–Crippen LogP) is 0.313. The summed E-state index contributed by atoms with van der Waals surface area (Å²) in [5, 5.41) is 12.0. The van der Waals surface area contributed by atoms with Gasteiger partial charge in [0.25, 0.3) is 0 Å². The molecule has 1 rings (SSSR count). The summed E-state index contributed by atoms with van der Waals surface area (Å²) >= 11 is 0. The third-order valence-corrected chi connectivity index (χ3v) is 3.13. The molecular formula is C13H20N2O3. The number of hydrogen-bond acceptors (Lipinski definition) is 3. The number of piperidine rings is 1. The van der Waals surface area contributed by atoms with E-state index in [4.69, 9.17) is 11.5 Å². The van der Waals surface area contributed by atoms with Crippen LogP contribution in [-0.4, -0.2) is 48.1 Å². The van der Waals surface area contributed by atoms with E-state index in [0.29, 0.717) is 12.3 Å². The molecule has 0 aromatic rings. The van der Waals surface area contributed by atoms with Crippen molar-refractivity contribution in [2.75, 3.05) is 26.2 Å². The average molecular weight is 252 g/mol. The second-order valence-electron chi connectivity index (χ2n) is 4.60. The molecule has 1 amide bonds. The molecule has 2 N–H and O–H groups in total. The standard InChI is InChI=1S/C13H20N2O3/c1-2-8-15(10-13(17)18)12(16)6-5-11-4-3-7-14-9-11/h1,11,14H,3-10H2,(H,17,18). The Hall–Kier alpha value is -1.54. The normalized spacial score (nSPS) is 18.9. The second-order valence-corrected chi connectivity index (χ2v) is 4.60.